The quantitative estimate of drug-likeness (QED) is 0.633. The first-order valence-electron chi connectivity index (χ1n) is 12.5. The average molecular weight is 470 g/mol. The van der Waals surface area contributed by atoms with Crippen molar-refractivity contribution >= 4 is 22.8 Å². The number of hydrogen-bond acceptors (Lipinski definition) is 4. The lowest BCUT2D eigenvalue weighted by Crippen LogP contribution is -2.49. The highest BCUT2D eigenvalue weighted by Crippen LogP contribution is 2.34. The molecule has 6 rings (SSSR count). The van der Waals surface area contributed by atoms with Crippen molar-refractivity contribution in [3.8, 4) is 0 Å². The highest BCUT2D eigenvalue weighted by molar-refractivity contribution is 6.01. The molecule has 4 heterocycles. The van der Waals surface area contributed by atoms with E-state index in [9.17, 15) is 9.59 Å². The lowest BCUT2D eigenvalue weighted by Gasteiger charge is -2.32. The summed E-state index contributed by atoms with van der Waals surface area (Å²) in [6, 6.07) is 14.2. The van der Waals surface area contributed by atoms with Crippen LogP contribution in [0.25, 0.3) is 11.0 Å². The van der Waals surface area contributed by atoms with Gasteiger partial charge in [0.15, 0.2) is 0 Å². The number of amides is 2. The van der Waals surface area contributed by atoms with Gasteiger partial charge in [-0.2, -0.15) is 0 Å². The summed E-state index contributed by atoms with van der Waals surface area (Å²) in [5.41, 5.74) is 6.06. The molecule has 2 aromatic carbocycles. The van der Waals surface area contributed by atoms with Crippen molar-refractivity contribution < 1.29 is 9.59 Å². The molecule has 1 unspecified atom stereocenters. The number of aromatic nitrogens is 2. The van der Waals surface area contributed by atoms with Gasteiger partial charge in [0.05, 0.1) is 17.6 Å². The van der Waals surface area contributed by atoms with Crippen molar-refractivity contribution in [1.29, 1.82) is 0 Å². The van der Waals surface area contributed by atoms with E-state index in [-0.39, 0.29) is 11.8 Å². The molecule has 7 nitrogen and oxygen atoms in total. The van der Waals surface area contributed by atoms with Crippen LogP contribution < -0.4 is 5.32 Å². The van der Waals surface area contributed by atoms with Gasteiger partial charge >= 0.3 is 0 Å². The molecule has 2 fully saturated rings. The SMILES string of the molecule is C=C1CCC(N2Cc3cc(C4CCN(Cc5nc6ccccc6n5C)CC4)ccc3C2=O)C(=O)N1. The number of carbonyl (C=O) groups excluding carboxylic acids is 2. The molecule has 0 bridgehead atoms. The number of hydrogen-bond donors (Lipinski definition) is 1. The fourth-order valence-corrected chi connectivity index (χ4v) is 5.89. The van der Waals surface area contributed by atoms with E-state index in [4.69, 9.17) is 4.98 Å². The summed E-state index contributed by atoms with van der Waals surface area (Å²) in [5, 5.41) is 2.81. The first kappa shape index (κ1) is 22.0. The largest absolute Gasteiger partial charge is 0.330 e. The average Bonchev–Trinajstić information content (AvgIpc) is 3.36. The van der Waals surface area contributed by atoms with Crippen LogP contribution in [-0.4, -0.2) is 50.3 Å². The minimum atomic E-state index is -0.408. The molecule has 35 heavy (non-hydrogen) atoms. The second kappa shape index (κ2) is 8.64. The van der Waals surface area contributed by atoms with Crippen molar-refractivity contribution in [2.45, 2.75) is 50.7 Å². The number of nitrogens with zero attached hydrogens (tertiary/aromatic N) is 4. The molecular formula is C28H31N5O2. The Hall–Kier alpha value is -3.45. The number of para-hydroxylation sites is 2. The molecule has 0 aliphatic carbocycles. The first-order valence-corrected chi connectivity index (χ1v) is 12.5. The van der Waals surface area contributed by atoms with Crippen molar-refractivity contribution in [2.24, 2.45) is 7.05 Å². The Balaban J connectivity index is 1.11. The fourth-order valence-electron chi connectivity index (χ4n) is 5.89. The lowest BCUT2D eigenvalue weighted by atomic mass is 9.88. The summed E-state index contributed by atoms with van der Waals surface area (Å²) in [6.45, 7) is 7.28. The summed E-state index contributed by atoms with van der Waals surface area (Å²) in [4.78, 5) is 34.5. The van der Waals surface area contributed by atoms with Gasteiger partial charge in [0.1, 0.15) is 11.9 Å². The zero-order valence-electron chi connectivity index (χ0n) is 20.2. The molecule has 180 valence electrons. The number of piperidine rings is 2. The van der Waals surface area contributed by atoms with Crippen molar-refractivity contribution in [3.63, 3.8) is 0 Å². The molecule has 3 aromatic rings. The molecule has 0 radical (unpaired) electrons. The highest BCUT2D eigenvalue weighted by Gasteiger charge is 2.38. The topological polar surface area (TPSA) is 70.5 Å². The second-order valence-electron chi connectivity index (χ2n) is 10.1. The highest BCUT2D eigenvalue weighted by atomic mass is 16.2. The Kier molecular flexibility index (Phi) is 5.44. The number of likely N-dealkylation sites (tertiary alicyclic amines) is 1. The van der Waals surface area contributed by atoms with Gasteiger partial charge in [-0.1, -0.05) is 30.8 Å². The van der Waals surface area contributed by atoms with Crippen LogP contribution in [0.15, 0.2) is 54.7 Å². The third-order valence-electron chi connectivity index (χ3n) is 7.96. The Bertz CT molecular complexity index is 1330. The van der Waals surface area contributed by atoms with Gasteiger partial charge in [0.25, 0.3) is 5.91 Å². The Morgan fingerprint density at radius 1 is 1.09 bits per heavy atom. The maximum Gasteiger partial charge on any atom is 0.255 e. The number of nitrogens with one attached hydrogen (secondary N) is 1. The summed E-state index contributed by atoms with van der Waals surface area (Å²) in [6.07, 6.45) is 3.54. The number of fused-ring (bicyclic) bond motifs is 2. The maximum absolute atomic E-state index is 13.0. The maximum atomic E-state index is 13.0. The van der Waals surface area contributed by atoms with Crippen LogP contribution in [0.4, 0.5) is 0 Å². The fraction of sp³-hybridized carbons (Fsp3) is 0.393. The van der Waals surface area contributed by atoms with E-state index in [2.05, 4.69) is 58.7 Å². The zero-order chi connectivity index (χ0) is 24.1. The van der Waals surface area contributed by atoms with Crippen LogP contribution in [0.5, 0.6) is 0 Å². The van der Waals surface area contributed by atoms with Crippen LogP contribution in [0, 0.1) is 0 Å². The van der Waals surface area contributed by atoms with E-state index in [0.29, 0.717) is 25.3 Å². The van der Waals surface area contributed by atoms with E-state index >= 15 is 0 Å². The molecule has 1 N–H and O–H groups in total. The minimum Gasteiger partial charge on any atom is -0.330 e. The number of allylic oxidation sites excluding steroid dienone is 1. The molecule has 0 spiro atoms. The number of aryl methyl sites for hydroxylation is 1. The molecule has 7 heteroatoms. The van der Waals surface area contributed by atoms with Gasteiger partial charge in [-0.15, -0.1) is 0 Å². The van der Waals surface area contributed by atoms with Crippen LogP contribution in [0.3, 0.4) is 0 Å². The van der Waals surface area contributed by atoms with Gasteiger partial charge in [-0.25, -0.2) is 4.98 Å². The zero-order valence-corrected chi connectivity index (χ0v) is 20.2. The summed E-state index contributed by atoms with van der Waals surface area (Å²) in [5.74, 6) is 1.45. The molecule has 1 aromatic heterocycles. The Morgan fingerprint density at radius 2 is 1.89 bits per heavy atom. The van der Waals surface area contributed by atoms with Gasteiger partial charge in [-0.3, -0.25) is 14.5 Å². The number of rotatable bonds is 4. The van der Waals surface area contributed by atoms with Crippen molar-refractivity contribution in [1.82, 2.24) is 24.7 Å². The van der Waals surface area contributed by atoms with Crippen LogP contribution in [-0.2, 0) is 24.9 Å². The third-order valence-corrected chi connectivity index (χ3v) is 7.96. The van der Waals surface area contributed by atoms with Gasteiger partial charge in [-0.05, 0) is 74.0 Å². The van der Waals surface area contributed by atoms with Crippen LogP contribution >= 0.6 is 0 Å². The smallest absolute Gasteiger partial charge is 0.255 e. The Labute approximate surface area is 205 Å². The minimum absolute atomic E-state index is 0.0310. The van der Waals surface area contributed by atoms with Gasteiger partial charge < -0.3 is 14.8 Å². The number of carbonyl (C=O) groups is 2. The molecule has 0 saturated carbocycles. The normalized spacial score (nSPS) is 21.6. The van der Waals surface area contributed by atoms with E-state index in [1.165, 1.54) is 11.1 Å². The summed E-state index contributed by atoms with van der Waals surface area (Å²) >= 11 is 0. The predicted molar refractivity (Wildman–Crippen MR) is 135 cm³/mol. The van der Waals surface area contributed by atoms with Crippen molar-refractivity contribution in [2.75, 3.05) is 13.1 Å². The van der Waals surface area contributed by atoms with E-state index in [1.807, 2.05) is 12.1 Å². The standard InChI is InChI=1S/C28H31N5O2/c1-18-7-10-25(27(34)29-18)33-16-21-15-20(8-9-22(21)28(33)35)19-11-13-32(14-12-19)17-26-30-23-5-3-4-6-24(23)31(26)2/h3-6,8-9,15,19,25H,1,7,10-14,16-17H2,2H3,(H,29,34). The van der Waals surface area contributed by atoms with Crippen LogP contribution in [0.1, 0.15) is 58.9 Å². The van der Waals surface area contributed by atoms with E-state index in [0.717, 1.165) is 60.6 Å². The first-order chi connectivity index (χ1) is 17.0. The predicted octanol–water partition coefficient (Wildman–Crippen LogP) is 3.70. The molecular weight excluding hydrogens is 438 g/mol. The molecule has 2 amide bonds. The monoisotopic (exact) mass is 469 g/mol. The summed E-state index contributed by atoms with van der Waals surface area (Å²) < 4.78 is 2.20. The van der Waals surface area contributed by atoms with Crippen molar-refractivity contribution in [3.05, 3.63) is 77.3 Å². The van der Waals surface area contributed by atoms with Gasteiger partial charge in [0.2, 0.25) is 5.91 Å². The van der Waals surface area contributed by atoms with Gasteiger partial charge in [0, 0.05) is 24.9 Å². The Morgan fingerprint density at radius 3 is 2.66 bits per heavy atom. The second-order valence-corrected chi connectivity index (χ2v) is 10.1. The molecule has 1 atom stereocenters. The van der Waals surface area contributed by atoms with E-state index in [1.54, 1.807) is 4.90 Å². The van der Waals surface area contributed by atoms with E-state index < -0.39 is 6.04 Å². The third kappa shape index (κ3) is 3.93. The number of imidazole rings is 1. The van der Waals surface area contributed by atoms with Crippen LogP contribution in [0.2, 0.25) is 0 Å². The molecule has 3 aliphatic heterocycles. The summed E-state index contributed by atoms with van der Waals surface area (Å²) in [7, 11) is 2.10. The number of benzene rings is 2. The molecule has 3 aliphatic rings. The molecule has 2 saturated heterocycles. The lowest BCUT2D eigenvalue weighted by molar-refractivity contribution is -0.126.